The highest BCUT2D eigenvalue weighted by atomic mass is 32.1. The van der Waals surface area contributed by atoms with E-state index in [0.717, 1.165) is 39.2 Å². The van der Waals surface area contributed by atoms with E-state index in [2.05, 4.69) is 170 Å². The van der Waals surface area contributed by atoms with Crippen molar-refractivity contribution in [1.29, 1.82) is 0 Å². The van der Waals surface area contributed by atoms with Crippen LogP contribution in [0.5, 0.6) is 0 Å². The Hall–Kier alpha value is -6.68. The van der Waals surface area contributed by atoms with Crippen molar-refractivity contribution in [2.75, 3.05) is 0 Å². The second-order valence-electron chi connectivity index (χ2n) is 13.4. The standard InChI is InChI=1S/C50H32N2S/c1-4-14-33(15-5-1)41-21-12-13-22-42(41)39-28-38(37-24-26-44-48(31-37)53-47-27-25-34-16-10-11-23-43(34)49(44)47)29-40(30-39)46-32-45(35-17-6-2-7-18-35)51-50(52-46)36-19-8-3-9-20-36/h1-32H. The van der Waals surface area contributed by atoms with Crippen molar-refractivity contribution < 1.29 is 0 Å². The number of nitrogens with zero attached hydrogens (tertiary/aromatic N) is 2. The Morgan fingerprint density at radius 1 is 0.321 bits per heavy atom. The predicted octanol–water partition coefficient (Wildman–Crippen LogP) is 14.0. The predicted molar refractivity (Wildman–Crippen MR) is 225 cm³/mol. The number of fused-ring (bicyclic) bond motifs is 5. The van der Waals surface area contributed by atoms with Gasteiger partial charge in [-0.1, -0.05) is 158 Å². The first-order chi connectivity index (χ1) is 26.2. The van der Waals surface area contributed by atoms with E-state index in [1.165, 1.54) is 53.2 Å². The Kier molecular flexibility index (Phi) is 7.71. The van der Waals surface area contributed by atoms with Crippen LogP contribution in [0.1, 0.15) is 0 Å². The van der Waals surface area contributed by atoms with Gasteiger partial charge in [0.05, 0.1) is 11.4 Å². The lowest BCUT2D eigenvalue weighted by Gasteiger charge is -2.15. The molecule has 0 aliphatic rings. The summed E-state index contributed by atoms with van der Waals surface area (Å²) >= 11 is 1.86. The number of aromatic nitrogens is 2. The summed E-state index contributed by atoms with van der Waals surface area (Å²) in [5.74, 6) is 0.706. The number of rotatable bonds is 6. The zero-order valence-electron chi connectivity index (χ0n) is 28.8. The lowest BCUT2D eigenvalue weighted by atomic mass is 9.90. The average molecular weight is 693 g/mol. The van der Waals surface area contributed by atoms with Gasteiger partial charge in [-0.25, -0.2) is 9.97 Å². The van der Waals surface area contributed by atoms with Crippen LogP contribution in [-0.4, -0.2) is 9.97 Å². The van der Waals surface area contributed by atoms with E-state index in [1.807, 2.05) is 35.6 Å². The molecule has 3 heteroatoms. The lowest BCUT2D eigenvalue weighted by molar-refractivity contribution is 1.18. The summed E-state index contributed by atoms with van der Waals surface area (Å²) in [6.07, 6.45) is 0. The summed E-state index contributed by atoms with van der Waals surface area (Å²) in [6.45, 7) is 0. The summed E-state index contributed by atoms with van der Waals surface area (Å²) in [4.78, 5) is 10.3. The number of hydrogen-bond acceptors (Lipinski definition) is 3. The van der Waals surface area contributed by atoms with Crippen molar-refractivity contribution in [2.45, 2.75) is 0 Å². The highest BCUT2D eigenvalue weighted by molar-refractivity contribution is 7.26. The van der Waals surface area contributed by atoms with Gasteiger partial charge in [0.15, 0.2) is 5.82 Å². The van der Waals surface area contributed by atoms with Crippen LogP contribution in [0.25, 0.3) is 98.2 Å². The van der Waals surface area contributed by atoms with Gasteiger partial charge in [-0.15, -0.1) is 11.3 Å². The van der Waals surface area contributed by atoms with Crippen molar-refractivity contribution in [3.05, 3.63) is 194 Å². The minimum atomic E-state index is 0.706. The maximum Gasteiger partial charge on any atom is 0.160 e. The number of thiophene rings is 1. The molecule has 0 radical (unpaired) electrons. The Morgan fingerprint density at radius 3 is 1.66 bits per heavy atom. The maximum atomic E-state index is 5.25. The quantitative estimate of drug-likeness (QED) is 0.173. The fourth-order valence-electron chi connectivity index (χ4n) is 7.50. The van der Waals surface area contributed by atoms with Crippen LogP contribution >= 0.6 is 11.3 Å². The SMILES string of the molecule is c1ccc(-c2cc(-c3cc(-c4ccc5c(c4)sc4ccc6ccccc6c45)cc(-c4ccccc4-c4ccccc4)c3)nc(-c3ccccc3)n2)cc1. The van der Waals surface area contributed by atoms with E-state index in [1.54, 1.807) is 0 Å². The van der Waals surface area contributed by atoms with Crippen LogP contribution in [0, 0.1) is 0 Å². The van der Waals surface area contributed by atoms with E-state index < -0.39 is 0 Å². The fraction of sp³-hybridized carbons (Fsp3) is 0. The van der Waals surface area contributed by atoms with E-state index in [4.69, 9.17) is 9.97 Å². The molecule has 0 saturated carbocycles. The highest BCUT2D eigenvalue weighted by Crippen LogP contribution is 2.42. The normalized spacial score (nSPS) is 11.4. The molecule has 10 aromatic rings. The molecule has 0 atom stereocenters. The molecule has 0 N–H and O–H groups in total. The smallest absolute Gasteiger partial charge is 0.160 e. The second-order valence-corrected chi connectivity index (χ2v) is 14.5. The first-order valence-electron chi connectivity index (χ1n) is 17.9. The van der Waals surface area contributed by atoms with Crippen LogP contribution in [0.4, 0.5) is 0 Å². The number of benzene rings is 8. The highest BCUT2D eigenvalue weighted by Gasteiger charge is 2.16. The summed E-state index contributed by atoms with van der Waals surface area (Å²) in [5.41, 5.74) is 11.9. The molecule has 0 aliphatic carbocycles. The van der Waals surface area contributed by atoms with Crippen molar-refractivity contribution in [2.24, 2.45) is 0 Å². The first-order valence-corrected chi connectivity index (χ1v) is 18.7. The molecule has 248 valence electrons. The van der Waals surface area contributed by atoms with Gasteiger partial charge in [0.25, 0.3) is 0 Å². The first kappa shape index (κ1) is 31.1. The molecule has 53 heavy (non-hydrogen) atoms. The van der Waals surface area contributed by atoms with Gasteiger partial charge >= 0.3 is 0 Å². The van der Waals surface area contributed by atoms with E-state index in [9.17, 15) is 0 Å². The zero-order valence-corrected chi connectivity index (χ0v) is 29.6. The molecule has 0 unspecified atom stereocenters. The third-order valence-corrected chi connectivity index (χ3v) is 11.2. The van der Waals surface area contributed by atoms with Crippen LogP contribution in [0.3, 0.4) is 0 Å². The molecule has 10 rings (SSSR count). The van der Waals surface area contributed by atoms with E-state index in [0.29, 0.717) is 5.82 Å². The molecule has 2 heterocycles. The van der Waals surface area contributed by atoms with Gasteiger partial charge in [0.2, 0.25) is 0 Å². The minimum Gasteiger partial charge on any atom is -0.228 e. The maximum absolute atomic E-state index is 5.25. The van der Waals surface area contributed by atoms with Gasteiger partial charge < -0.3 is 0 Å². The molecule has 0 aliphatic heterocycles. The van der Waals surface area contributed by atoms with Crippen LogP contribution in [0.15, 0.2) is 194 Å². The Bertz CT molecular complexity index is 2870. The van der Waals surface area contributed by atoms with Crippen molar-refractivity contribution in [3.8, 4) is 67.3 Å². The topological polar surface area (TPSA) is 25.8 Å². The molecule has 0 fully saturated rings. The average Bonchev–Trinajstić information content (AvgIpc) is 3.63. The van der Waals surface area contributed by atoms with Crippen molar-refractivity contribution in [3.63, 3.8) is 0 Å². The Morgan fingerprint density at radius 2 is 0.906 bits per heavy atom. The summed E-state index contributed by atoms with van der Waals surface area (Å²) in [7, 11) is 0. The third-order valence-electron chi connectivity index (χ3n) is 10.1. The van der Waals surface area contributed by atoms with Crippen LogP contribution < -0.4 is 0 Å². The molecule has 2 aromatic heterocycles. The van der Waals surface area contributed by atoms with E-state index >= 15 is 0 Å². The van der Waals surface area contributed by atoms with Crippen molar-refractivity contribution >= 4 is 42.3 Å². The van der Waals surface area contributed by atoms with Crippen molar-refractivity contribution in [1.82, 2.24) is 9.97 Å². The lowest BCUT2D eigenvalue weighted by Crippen LogP contribution is -1.96. The zero-order chi connectivity index (χ0) is 35.1. The summed E-state index contributed by atoms with van der Waals surface area (Å²) in [6, 6.07) is 69.3. The minimum absolute atomic E-state index is 0.706. The fourth-order valence-corrected chi connectivity index (χ4v) is 8.66. The summed E-state index contributed by atoms with van der Waals surface area (Å²) in [5, 5.41) is 5.21. The third kappa shape index (κ3) is 5.78. The van der Waals surface area contributed by atoms with E-state index in [-0.39, 0.29) is 0 Å². The van der Waals surface area contributed by atoms with Gasteiger partial charge in [-0.2, -0.15) is 0 Å². The van der Waals surface area contributed by atoms with Gasteiger partial charge in [0.1, 0.15) is 0 Å². The molecular formula is C50H32N2S. The molecule has 0 amide bonds. The molecule has 0 saturated heterocycles. The number of hydrogen-bond donors (Lipinski definition) is 0. The van der Waals surface area contributed by atoms with Crippen LogP contribution in [-0.2, 0) is 0 Å². The Labute approximate surface area is 312 Å². The monoisotopic (exact) mass is 692 g/mol. The molecular weight excluding hydrogens is 661 g/mol. The molecule has 0 bridgehead atoms. The summed E-state index contributed by atoms with van der Waals surface area (Å²) < 4.78 is 2.59. The Balaban J connectivity index is 1.21. The molecule has 2 nitrogen and oxygen atoms in total. The largest absolute Gasteiger partial charge is 0.228 e. The van der Waals surface area contributed by atoms with Crippen LogP contribution in [0.2, 0.25) is 0 Å². The van der Waals surface area contributed by atoms with Gasteiger partial charge in [-0.05, 0) is 80.6 Å². The van der Waals surface area contributed by atoms with Gasteiger partial charge in [-0.3, -0.25) is 0 Å². The molecule has 8 aromatic carbocycles. The second kappa shape index (κ2) is 13.1. The van der Waals surface area contributed by atoms with Gasteiger partial charge in [0, 0.05) is 36.9 Å². The molecule has 0 spiro atoms.